The number of likely N-dealkylation sites (N-methyl/N-ethyl adjacent to an activating group) is 1. The Morgan fingerprint density at radius 3 is 2.80 bits per heavy atom. The van der Waals surface area contributed by atoms with Gasteiger partial charge in [0.2, 0.25) is 0 Å². The van der Waals surface area contributed by atoms with Crippen molar-refractivity contribution in [2.75, 3.05) is 45.2 Å². The number of rotatable bonds is 3. The SMILES string of the molecule is CN(C)[C@@H]1CN(c2nc(-c3ccco3)nc3c2CCNCC3)C[C@H]1O. The van der Waals surface area contributed by atoms with Crippen molar-refractivity contribution in [1.82, 2.24) is 20.2 Å². The maximum absolute atomic E-state index is 10.4. The molecule has 2 atom stereocenters. The van der Waals surface area contributed by atoms with Crippen molar-refractivity contribution in [3.63, 3.8) is 0 Å². The quantitative estimate of drug-likeness (QED) is 0.842. The number of fused-ring (bicyclic) bond motifs is 1. The Kier molecular flexibility index (Phi) is 4.45. The Labute approximate surface area is 147 Å². The zero-order valence-corrected chi connectivity index (χ0v) is 14.8. The molecule has 0 unspecified atom stereocenters. The maximum atomic E-state index is 10.4. The van der Waals surface area contributed by atoms with Crippen molar-refractivity contribution in [2.24, 2.45) is 0 Å². The van der Waals surface area contributed by atoms with Crippen LogP contribution >= 0.6 is 0 Å². The van der Waals surface area contributed by atoms with E-state index in [1.54, 1.807) is 6.26 Å². The summed E-state index contributed by atoms with van der Waals surface area (Å²) in [6.45, 7) is 3.21. The van der Waals surface area contributed by atoms with Crippen LogP contribution < -0.4 is 10.2 Å². The Bertz CT molecular complexity index is 731. The molecule has 7 nitrogen and oxygen atoms in total. The largest absolute Gasteiger partial charge is 0.461 e. The summed E-state index contributed by atoms with van der Waals surface area (Å²) in [7, 11) is 4.02. The standard InChI is InChI=1S/C18H25N5O2/c1-22(2)14-10-23(11-15(14)24)18-12-5-7-19-8-6-13(12)20-17(21-18)16-4-3-9-25-16/h3-4,9,14-15,19,24H,5-8,10-11H2,1-2H3/t14-,15-/m1/s1. The van der Waals surface area contributed by atoms with Gasteiger partial charge in [-0.15, -0.1) is 0 Å². The number of aromatic nitrogens is 2. The molecular formula is C18H25N5O2. The van der Waals surface area contributed by atoms with E-state index < -0.39 is 0 Å². The molecule has 4 rings (SSSR count). The smallest absolute Gasteiger partial charge is 0.197 e. The van der Waals surface area contributed by atoms with E-state index in [-0.39, 0.29) is 12.1 Å². The Hall–Kier alpha value is -1.96. The lowest BCUT2D eigenvalue weighted by Crippen LogP contribution is -2.38. The van der Waals surface area contributed by atoms with Crippen molar-refractivity contribution in [1.29, 1.82) is 0 Å². The third-order valence-electron chi connectivity index (χ3n) is 5.12. The number of nitrogens with zero attached hydrogens (tertiary/aromatic N) is 4. The van der Waals surface area contributed by atoms with Crippen molar-refractivity contribution < 1.29 is 9.52 Å². The summed E-state index contributed by atoms with van der Waals surface area (Å²) in [6, 6.07) is 3.86. The van der Waals surface area contributed by atoms with Crippen LogP contribution in [0.2, 0.25) is 0 Å². The highest BCUT2D eigenvalue weighted by molar-refractivity contribution is 5.58. The average Bonchev–Trinajstić information content (AvgIpc) is 3.19. The number of aliphatic hydroxyl groups excluding tert-OH is 1. The van der Waals surface area contributed by atoms with Crippen LogP contribution in [-0.4, -0.2) is 72.4 Å². The first-order valence-corrected chi connectivity index (χ1v) is 8.87. The fourth-order valence-electron chi connectivity index (χ4n) is 3.75. The highest BCUT2D eigenvalue weighted by Gasteiger charge is 2.35. The Morgan fingerprint density at radius 1 is 1.24 bits per heavy atom. The molecule has 0 amide bonds. The molecule has 2 aliphatic rings. The summed E-state index contributed by atoms with van der Waals surface area (Å²) >= 11 is 0. The number of β-amino-alcohol motifs (C(OH)–C–C–N with tert-alkyl or cyclic N) is 1. The maximum Gasteiger partial charge on any atom is 0.197 e. The molecule has 0 aliphatic carbocycles. The predicted molar refractivity (Wildman–Crippen MR) is 95.7 cm³/mol. The van der Waals surface area contributed by atoms with Gasteiger partial charge >= 0.3 is 0 Å². The van der Waals surface area contributed by atoms with Gasteiger partial charge in [-0.1, -0.05) is 0 Å². The van der Waals surface area contributed by atoms with E-state index in [2.05, 4.69) is 15.1 Å². The fourth-order valence-corrected chi connectivity index (χ4v) is 3.75. The molecule has 0 bridgehead atoms. The van der Waals surface area contributed by atoms with E-state index in [1.807, 2.05) is 26.2 Å². The number of hydrogen-bond acceptors (Lipinski definition) is 7. The number of furan rings is 1. The van der Waals surface area contributed by atoms with Gasteiger partial charge in [-0.25, -0.2) is 9.97 Å². The van der Waals surface area contributed by atoms with E-state index in [0.717, 1.165) is 44.0 Å². The van der Waals surface area contributed by atoms with Crippen LogP contribution in [0.25, 0.3) is 11.6 Å². The molecule has 134 valence electrons. The van der Waals surface area contributed by atoms with Gasteiger partial charge in [0.1, 0.15) is 5.82 Å². The molecule has 4 heterocycles. The van der Waals surface area contributed by atoms with Crippen molar-refractivity contribution >= 4 is 5.82 Å². The number of nitrogens with one attached hydrogen (secondary N) is 1. The second-order valence-electron chi connectivity index (χ2n) is 7.03. The van der Waals surface area contributed by atoms with Gasteiger partial charge < -0.3 is 24.6 Å². The van der Waals surface area contributed by atoms with Crippen molar-refractivity contribution in [2.45, 2.75) is 25.0 Å². The minimum Gasteiger partial charge on any atom is -0.461 e. The van der Waals surface area contributed by atoms with Crippen LogP contribution in [0, 0.1) is 0 Å². The van der Waals surface area contributed by atoms with E-state index in [9.17, 15) is 5.11 Å². The lowest BCUT2D eigenvalue weighted by molar-refractivity contribution is 0.114. The first kappa shape index (κ1) is 16.5. The van der Waals surface area contributed by atoms with Crippen molar-refractivity contribution in [3.05, 3.63) is 29.7 Å². The predicted octanol–water partition coefficient (Wildman–Crippen LogP) is 0.536. The topological polar surface area (TPSA) is 77.7 Å². The molecule has 2 N–H and O–H groups in total. The molecule has 2 aromatic heterocycles. The second kappa shape index (κ2) is 6.74. The van der Waals surface area contributed by atoms with Crippen LogP contribution in [0.4, 0.5) is 5.82 Å². The monoisotopic (exact) mass is 343 g/mol. The number of hydrogen-bond donors (Lipinski definition) is 2. The molecule has 0 saturated carbocycles. The summed E-state index contributed by atoms with van der Waals surface area (Å²) in [6.07, 6.45) is 3.05. The molecule has 1 saturated heterocycles. The van der Waals surface area contributed by atoms with E-state index in [4.69, 9.17) is 14.4 Å². The van der Waals surface area contributed by atoms with Crippen LogP contribution in [0.15, 0.2) is 22.8 Å². The summed E-state index contributed by atoms with van der Waals surface area (Å²) in [5.41, 5.74) is 2.29. The highest BCUT2D eigenvalue weighted by atomic mass is 16.3. The molecule has 2 aromatic rings. The van der Waals surface area contributed by atoms with Gasteiger partial charge in [-0.3, -0.25) is 0 Å². The molecule has 0 spiro atoms. The molecular weight excluding hydrogens is 318 g/mol. The molecule has 25 heavy (non-hydrogen) atoms. The van der Waals surface area contributed by atoms with Crippen LogP contribution in [0.3, 0.4) is 0 Å². The van der Waals surface area contributed by atoms with Crippen LogP contribution in [0.1, 0.15) is 11.3 Å². The second-order valence-corrected chi connectivity index (χ2v) is 7.03. The molecule has 7 heteroatoms. The number of aliphatic hydroxyl groups is 1. The molecule has 2 aliphatic heterocycles. The van der Waals surface area contributed by atoms with E-state index in [0.29, 0.717) is 18.1 Å². The first-order chi connectivity index (χ1) is 12.1. The zero-order chi connectivity index (χ0) is 17.4. The van der Waals surface area contributed by atoms with Crippen LogP contribution in [0.5, 0.6) is 0 Å². The average molecular weight is 343 g/mol. The molecule has 1 fully saturated rings. The van der Waals surface area contributed by atoms with Crippen molar-refractivity contribution in [3.8, 4) is 11.6 Å². The van der Waals surface area contributed by atoms with E-state index >= 15 is 0 Å². The van der Waals surface area contributed by atoms with Gasteiger partial charge in [-0.05, 0) is 39.2 Å². The van der Waals surface area contributed by atoms with Gasteiger partial charge in [0.25, 0.3) is 0 Å². The first-order valence-electron chi connectivity index (χ1n) is 8.87. The Balaban J connectivity index is 1.76. The summed E-state index contributed by atoms with van der Waals surface area (Å²) in [5.74, 6) is 2.26. The van der Waals surface area contributed by atoms with Gasteiger partial charge in [0.15, 0.2) is 11.6 Å². The number of anilines is 1. The third-order valence-corrected chi connectivity index (χ3v) is 5.12. The normalized spacial score (nSPS) is 23.8. The van der Waals surface area contributed by atoms with Gasteiger partial charge in [-0.2, -0.15) is 0 Å². The Morgan fingerprint density at radius 2 is 2.08 bits per heavy atom. The molecule has 0 aromatic carbocycles. The molecule has 0 radical (unpaired) electrons. The van der Waals surface area contributed by atoms with E-state index in [1.165, 1.54) is 5.56 Å². The summed E-state index contributed by atoms with van der Waals surface area (Å²) < 4.78 is 5.52. The zero-order valence-electron chi connectivity index (χ0n) is 14.8. The highest BCUT2D eigenvalue weighted by Crippen LogP contribution is 2.30. The fraction of sp³-hybridized carbons (Fsp3) is 0.556. The van der Waals surface area contributed by atoms with Gasteiger partial charge in [0, 0.05) is 31.6 Å². The van der Waals surface area contributed by atoms with Crippen LogP contribution in [-0.2, 0) is 12.8 Å². The third kappa shape index (κ3) is 3.15. The van der Waals surface area contributed by atoms with Gasteiger partial charge in [0.05, 0.1) is 24.1 Å². The summed E-state index contributed by atoms with van der Waals surface area (Å²) in [5, 5.41) is 13.9. The minimum absolute atomic E-state index is 0.113. The minimum atomic E-state index is -0.378. The summed E-state index contributed by atoms with van der Waals surface area (Å²) in [4.78, 5) is 13.9. The lowest BCUT2D eigenvalue weighted by atomic mass is 10.1. The lowest BCUT2D eigenvalue weighted by Gasteiger charge is -2.24.